The average Bonchev–Trinajstić information content (AvgIpc) is 3.07. The van der Waals surface area contributed by atoms with Crippen LogP contribution in [-0.4, -0.2) is 55.1 Å². The SMILES string of the molecule is CCNC(=NCc1ccc(N2CCOCC2)c(F)c1)NCCCn1nc(C)cc1C.I. The van der Waals surface area contributed by atoms with Crippen LogP contribution in [0.25, 0.3) is 0 Å². The lowest BCUT2D eigenvalue weighted by Crippen LogP contribution is -2.38. The molecular formula is C22H34FIN6O. The van der Waals surface area contributed by atoms with Gasteiger partial charge in [0.15, 0.2) is 5.96 Å². The van der Waals surface area contributed by atoms with E-state index in [9.17, 15) is 4.39 Å². The van der Waals surface area contributed by atoms with Gasteiger partial charge in [-0.3, -0.25) is 4.68 Å². The average molecular weight is 544 g/mol. The first-order valence-electron chi connectivity index (χ1n) is 10.7. The summed E-state index contributed by atoms with van der Waals surface area (Å²) >= 11 is 0. The molecule has 0 atom stereocenters. The van der Waals surface area contributed by atoms with Crippen LogP contribution in [0.1, 0.15) is 30.3 Å². The van der Waals surface area contributed by atoms with E-state index in [1.807, 2.05) is 35.6 Å². The molecule has 1 aliphatic heterocycles. The fraction of sp³-hybridized carbons (Fsp3) is 0.545. The summed E-state index contributed by atoms with van der Waals surface area (Å²) in [4.78, 5) is 6.63. The lowest BCUT2D eigenvalue weighted by molar-refractivity contribution is 0.122. The zero-order valence-corrected chi connectivity index (χ0v) is 21.0. The van der Waals surface area contributed by atoms with Crippen molar-refractivity contribution in [2.45, 2.75) is 40.3 Å². The molecule has 2 aromatic rings. The van der Waals surface area contributed by atoms with Gasteiger partial charge in [-0.25, -0.2) is 9.38 Å². The molecule has 1 aliphatic rings. The van der Waals surface area contributed by atoms with Crippen molar-refractivity contribution in [2.75, 3.05) is 44.3 Å². The third-order valence-corrected chi connectivity index (χ3v) is 5.07. The van der Waals surface area contributed by atoms with E-state index in [1.54, 1.807) is 6.07 Å². The van der Waals surface area contributed by atoms with E-state index in [4.69, 9.17) is 4.74 Å². The molecule has 172 valence electrons. The molecule has 2 heterocycles. The van der Waals surface area contributed by atoms with E-state index in [-0.39, 0.29) is 29.8 Å². The molecule has 31 heavy (non-hydrogen) atoms. The monoisotopic (exact) mass is 544 g/mol. The van der Waals surface area contributed by atoms with Crippen molar-refractivity contribution in [3.05, 3.63) is 47.0 Å². The smallest absolute Gasteiger partial charge is 0.191 e. The lowest BCUT2D eigenvalue weighted by atomic mass is 10.1. The van der Waals surface area contributed by atoms with Gasteiger partial charge in [-0.15, -0.1) is 24.0 Å². The first kappa shape index (κ1) is 25.4. The van der Waals surface area contributed by atoms with Crippen molar-refractivity contribution in [1.82, 2.24) is 20.4 Å². The molecule has 0 saturated carbocycles. The Bertz CT molecular complexity index is 851. The van der Waals surface area contributed by atoms with Gasteiger partial charge in [-0.05, 0) is 51.0 Å². The summed E-state index contributed by atoms with van der Waals surface area (Å²) in [5.74, 6) is 0.538. The highest BCUT2D eigenvalue weighted by atomic mass is 127. The molecular weight excluding hydrogens is 510 g/mol. The van der Waals surface area contributed by atoms with Crippen LogP contribution in [0.5, 0.6) is 0 Å². The van der Waals surface area contributed by atoms with Crippen molar-refractivity contribution < 1.29 is 9.13 Å². The predicted molar refractivity (Wildman–Crippen MR) is 134 cm³/mol. The number of aromatic nitrogens is 2. The Kier molecular flexibility index (Phi) is 10.5. The molecule has 1 saturated heterocycles. The maximum Gasteiger partial charge on any atom is 0.191 e. The maximum absolute atomic E-state index is 14.6. The van der Waals surface area contributed by atoms with Crippen LogP contribution in [0.4, 0.5) is 10.1 Å². The molecule has 0 aliphatic carbocycles. The first-order valence-corrected chi connectivity index (χ1v) is 10.7. The Morgan fingerprint density at radius 2 is 1.97 bits per heavy atom. The van der Waals surface area contributed by atoms with Crippen LogP contribution in [0.15, 0.2) is 29.3 Å². The van der Waals surface area contributed by atoms with Gasteiger partial charge in [0.1, 0.15) is 5.82 Å². The van der Waals surface area contributed by atoms with Crippen molar-refractivity contribution in [2.24, 2.45) is 4.99 Å². The minimum atomic E-state index is -0.201. The second-order valence-electron chi connectivity index (χ2n) is 7.51. The molecule has 1 aromatic carbocycles. The zero-order valence-electron chi connectivity index (χ0n) is 18.7. The molecule has 2 N–H and O–H groups in total. The number of hydrogen-bond donors (Lipinski definition) is 2. The Morgan fingerprint density at radius 1 is 1.19 bits per heavy atom. The van der Waals surface area contributed by atoms with Gasteiger partial charge in [0.25, 0.3) is 0 Å². The highest BCUT2D eigenvalue weighted by molar-refractivity contribution is 14.0. The summed E-state index contributed by atoms with van der Waals surface area (Å²) in [5, 5.41) is 11.1. The highest BCUT2D eigenvalue weighted by Gasteiger charge is 2.15. The molecule has 1 fully saturated rings. The molecule has 0 radical (unpaired) electrons. The van der Waals surface area contributed by atoms with Gasteiger partial charge in [0.05, 0.1) is 31.1 Å². The largest absolute Gasteiger partial charge is 0.378 e. The van der Waals surface area contributed by atoms with E-state index in [1.165, 1.54) is 5.69 Å². The van der Waals surface area contributed by atoms with Gasteiger partial charge in [0, 0.05) is 38.4 Å². The summed E-state index contributed by atoms with van der Waals surface area (Å²) in [7, 11) is 0. The van der Waals surface area contributed by atoms with Gasteiger partial charge in [-0.1, -0.05) is 6.07 Å². The van der Waals surface area contributed by atoms with Crippen LogP contribution in [0.3, 0.4) is 0 Å². The normalized spacial score (nSPS) is 14.3. The summed E-state index contributed by atoms with van der Waals surface area (Å²) in [6.07, 6.45) is 0.940. The van der Waals surface area contributed by atoms with Crippen LogP contribution < -0.4 is 15.5 Å². The topological polar surface area (TPSA) is 66.7 Å². The molecule has 7 nitrogen and oxygen atoms in total. The van der Waals surface area contributed by atoms with E-state index in [0.29, 0.717) is 25.4 Å². The Hall–Kier alpha value is -1.88. The Balaban J connectivity index is 0.00000341. The summed E-state index contributed by atoms with van der Waals surface area (Å²) in [5.41, 5.74) is 3.71. The van der Waals surface area contributed by atoms with Gasteiger partial charge in [0.2, 0.25) is 0 Å². The highest BCUT2D eigenvalue weighted by Crippen LogP contribution is 2.22. The van der Waals surface area contributed by atoms with Crippen LogP contribution in [0, 0.1) is 19.7 Å². The van der Waals surface area contributed by atoms with Crippen molar-refractivity contribution in [1.29, 1.82) is 0 Å². The van der Waals surface area contributed by atoms with Crippen molar-refractivity contribution >= 4 is 35.6 Å². The minimum absolute atomic E-state index is 0. The summed E-state index contributed by atoms with van der Waals surface area (Å²) in [6.45, 7) is 11.7. The molecule has 1 aromatic heterocycles. The number of hydrogen-bond acceptors (Lipinski definition) is 4. The van der Waals surface area contributed by atoms with Gasteiger partial charge in [-0.2, -0.15) is 5.10 Å². The number of aryl methyl sites for hydroxylation is 3. The molecule has 0 spiro atoms. The molecule has 9 heteroatoms. The fourth-order valence-corrected chi connectivity index (χ4v) is 3.56. The van der Waals surface area contributed by atoms with Crippen LogP contribution >= 0.6 is 24.0 Å². The second kappa shape index (κ2) is 12.8. The number of benzene rings is 1. The van der Waals surface area contributed by atoms with Crippen LogP contribution in [0.2, 0.25) is 0 Å². The molecule has 0 bridgehead atoms. The number of guanidine groups is 1. The number of halogens is 2. The number of aliphatic imine (C=N–C) groups is 1. The number of morpholine rings is 1. The number of nitrogens with zero attached hydrogens (tertiary/aromatic N) is 4. The number of nitrogens with one attached hydrogen (secondary N) is 2. The zero-order chi connectivity index (χ0) is 21.3. The number of rotatable bonds is 8. The third kappa shape index (κ3) is 7.64. The van der Waals surface area contributed by atoms with E-state index < -0.39 is 0 Å². The first-order chi connectivity index (χ1) is 14.6. The second-order valence-corrected chi connectivity index (χ2v) is 7.51. The number of anilines is 1. The molecule has 0 unspecified atom stereocenters. The Morgan fingerprint density at radius 3 is 2.61 bits per heavy atom. The van der Waals surface area contributed by atoms with E-state index in [2.05, 4.69) is 33.7 Å². The summed E-state index contributed by atoms with van der Waals surface area (Å²) < 4.78 is 22.0. The van der Waals surface area contributed by atoms with E-state index >= 15 is 0 Å². The van der Waals surface area contributed by atoms with Crippen LogP contribution in [-0.2, 0) is 17.8 Å². The van der Waals surface area contributed by atoms with Crippen molar-refractivity contribution in [3.63, 3.8) is 0 Å². The summed E-state index contributed by atoms with van der Waals surface area (Å²) in [6, 6.07) is 7.47. The maximum atomic E-state index is 14.6. The third-order valence-electron chi connectivity index (χ3n) is 5.07. The standard InChI is InChI=1S/C22H33FN6O.HI/c1-4-24-22(25-8-5-9-29-18(3)14-17(2)27-29)26-16-19-6-7-21(20(23)15-19)28-10-12-30-13-11-28;/h6-7,14-15H,4-5,8-13,16H2,1-3H3,(H2,24,25,26);1H. The minimum Gasteiger partial charge on any atom is -0.378 e. The van der Waals surface area contributed by atoms with E-state index in [0.717, 1.165) is 56.4 Å². The molecule has 3 rings (SSSR count). The lowest BCUT2D eigenvalue weighted by Gasteiger charge is -2.29. The van der Waals surface area contributed by atoms with Gasteiger partial charge >= 0.3 is 0 Å². The predicted octanol–water partition coefficient (Wildman–Crippen LogP) is 3.24. The number of ether oxygens (including phenoxy) is 1. The fourth-order valence-electron chi connectivity index (χ4n) is 3.56. The quantitative estimate of drug-likeness (QED) is 0.231. The Labute approximate surface area is 201 Å². The van der Waals surface area contributed by atoms with Gasteiger partial charge < -0.3 is 20.3 Å². The van der Waals surface area contributed by atoms with Crippen molar-refractivity contribution in [3.8, 4) is 0 Å². The molecule has 0 amide bonds.